The van der Waals surface area contributed by atoms with Gasteiger partial charge < -0.3 is 45.1 Å². The fourth-order valence-electron chi connectivity index (χ4n) is 3.29. The summed E-state index contributed by atoms with van der Waals surface area (Å²) >= 11 is 0. The number of methoxy groups -OCH3 is 1. The third-order valence-corrected chi connectivity index (χ3v) is 5.11. The van der Waals surface area contributed by atoms with Crippen LogP contribution in [0.3, 0.4) is 0 Å². The number of aromatic hydroxyl groups is 1. The number of rotatable bonds is 7. The van der Waals surface area contributed by atoms with E-state index in [1.54, 1.807) is 19.2 Å². The van der Waals surface area contributed by atoms with Crippen LogP contribution in [0.4, 0.5) is 0 Å². The van der Waals surface area contributed by atoms with Crippen molar-refractivity contribution < 1.29 is 157 Å². The van der Waals surface area contributed by atoms with Gasteiger partial charge in [-0.15, -0.1) is 0 Å². The van der Waals surface area contributed by atoms with Gasteiger partial charge in [0.15, 0.2) is 11.6 Å². The van der Waals surface area contributed by atoms with Gasteiger partial charge in [-0.05, 0) is 58.4 Å². The molecule has 2 saturated heterocycles. The molecule has 2 aliphatic heterocycles. The first kappa shape index (κ1) is 43.2. The molecular weight excluding hydrogens is 590 g/mol. The van der Waals surface area contributed by atoms with Gasteiger partial charge in [0.25, 0.3) is 6.47 Å². The van der Waals surface area contributed by atoms with E-state index in [-0.39, 0.29) is 128 Å². The minimum absolute atomic E-state index is 0. The maximum absolute atomic E-state index is 10.0. The molecule has 11 nitrogen and oxygen atoms in total. The van der Waals surface area contributed by atoms with E-state index in [1.807, 2.05) is 52.0 Å². The summed E-state index contributed by atoms with van der Waals surface area (Å²) in [4.78, 5) is 21.3. The number of carbonyl (C=O) groups is 2. The smallest absolute Gasteiger partial charge is 1.00 e. The van der Waals surface area contributed by atoms with Crippen LogP contribution >= 0.6 is 0 Å². The maximum atomic E-state index is 10.0. The molecule has 2 fully saturated rings. The SMILES string of the molecule is CCC1COC(C)(C)O1.COc1cccc(OCC2COC(C)(C)O2)c1.O=CO[O-].O=Cc1cccc(O)c1.[H-].[K+].[K+]. The summed E-state index contributed by atoms with van der Waals surface area (Å²) in [6.07, 6.45) is 2.04. The molecule has 1 N–H and O–H groups in total. The molecule has 0 aliphatic carbocycles. The molecule has 2 unspecified atom stereocenters. The van der Waals surface area contributed by atoms with Gasteiger partial charge in [0.1, 0.15) is 36.2 Å². The second kappa shape index (κ2) is 23.4. The van der Waals surface area contributed by atoms with Crippen molar-refractivity contribution >= 4 is 12.8 Å². The Bertz CT molecular complexity index is 996. The number of ether oxygens (including phenoxy) is 6. The van der Waals surface area contributed by atoms with Gasteiger partial charge >= 0.3 is 103 Å². The van der Waals surface area contributed by atoms with Gasteiger partial charge in [-0.25, -0.2) is 0 Å². The van der Waals surface area contributed by atoms with Crippen molar-refractivity contribution in [2.24, 2.45) is 0 Å². The van der Waals surface area contributed by atoms with Gasteiger partial charge in [-0.2, -0.15) is 0 Å². The van der Waals surface area contributed by atoms with Crippen LogP contribution in [0.2, 0.25) is 0 Å². The molecule has 2 atom stereocenters. The topological polar surface area (TPSA) is 142 Å². The van der Waals surface area contributed by atoms with Crippen LogP contribution in [0, 0.1) is 0 Å². The zero-order chi connectivity index (χ0) is 29.3. The Hall–Kier alpha value is 0.0527. The molecule has 2 aromatic rings. The van der Waals surface area contributed by atoms with E-state index in [2.05, 4.69) is 11.8 Å². The van der Waals surface area contributed by atoms with Crippen molar-refractivity contribution in [3.8, 4) is 17.2 Å². The van der Waals surface area contributed by atoms with Crippen LogP contribution in [0.15, 0.2) is 48.5 Å². The van der Waals surface area contributed by atoms with Crippen molar-refractivity contribution in [2.45, 2.75) is 64.8 Å². The number of hydrogen-bond donors (Lipinski definition) is 1. The number of aldehydes is 1. The van der Waals surface area contributed by atoms with Gasteiger partial charge in [0.2, 0.25) is 0 Å². The van der Waals surface area contributed by atoms with Gasteiger partial charge in [0.05, 0.1) is 26.4 Å². The van der Waals surface area contributed by atoms with Crippen LogP contribution in [0.5, 0.6) is 17.2 Å². The molecule has 220 valence electrons. The molecule has 2 heterocycles. The van der Waals surface area contributed by atoms with E-state index < -0.39 is 5.79 Å². The normalized spacial score (nSPS) is 19.0. The number of carbonyl (C=O) groups excluding carboxylic acids is 2. The molecule has 13 heteroatoms. The zero-order valence-corrected chi connectivity index (χ0v) is 31.5. The van der Waals surface area contributed by atoms with Crippen LogP contribution in [0.25, 0.3) is 0 Å². The first-order chi connectivity index (χ1) is 18.5. The molecule has 0 spiro atoms. The number of phenolic OH excluding ortho intramolecular Hbond substituents is 1. The number of phenols is 1. The first-order valence-corrected chi connectivity index (χ1v) is 12.3. The Labute approximate surface area is 328 Å². The second-order valence-corrected chi connectivity index (χ2v) is 9.20. The molecule has 0 bridgehead atoms. The van der Waals surface area contributed by atoms with E-state index in [4.69, 9.17) is 43.6 Å². The predicted octanol–water partition coefficient (Wildman–Crippen LogP) is -2.47. The van der Waals surface area contributed by atoms with Crippen molar-refractivity contribution in [1.29, 1.82) is 0 Å². The summed E-state index contributed by atoms with van der Waals surface area (Å²) in [5.41, 5.74) is 0.495. The average molecular weight is 631 g/mol. The number of hydrogen-bond acceptors (Lipinski definition) is 11. The van der Waals surface area contributed by atoms with E-state index in [0.717, 1.165) is 24.5 Å². The summed E-state index contributed by atoms with van der Waals surface area (Å²) < 4.78 is 32.7. The maximum Gasteiger partial charge on any atom is 1.00 e. The predicted molar refractivity (Wildman–Crippen MR) is 140 cm³/mol. The largest absolute Gasteiger partial charge is 1.00 e. The first-order valence-electron chi connectivity index (χ1n) is 12.3. The summed E-state index contributed by atoms with van der Waals surface area (Å²) in [6.45, 7) is 11.4. The molecule has 4 rings (SSSR count). The Morgan fingerprint density at radius 3 is 1.88 bits per heavy atom. The van der Waals surface area contributed by atoms with Gasteiger partial charge in [0, 0.05) is 11.6 Å². The monoisotopic (exact) mass is 630 g/mol. The van der Waals surface area contributed by atoms with Crippen LogP contribution in [-0.2, 0) is 28.6 Å². The standard InChI is InChI=1S/C13H18O4.C7H14O2.C7H6O2.CH2O3.2K.H/c1-13(2)16-9-12(17-13)8-15-11-6-4-5-10(7-11)14-3;1-4-6-5-8-7(2,3)9-6;8-5-6-2-1-3-7(9)4-6;2-1-4-3;;;/h4-7,12H,8-9H2,1-3H3;6H,4-5H2,1-3H3;1-5,9H;1,3H;;;/q;;;;2*+1;-1/p-1. The third-order valence-electron chi connectivity index (χ3n) is 5.11. The number of benzene rings is 2. The molecule has 2 aromatic carbocycles. The summed E-state index contributed by atoms with van der Waals surface area (Å²) in [7, 11) is 1.63. The van der Waals surface area contributed by atoms with Crippen molar-refractivity contribution in [3.05, 3.63) is 54.1 Å². The zero-order valence-electron chi connectivity index (χ0n) is 26.3. The molecule has 0 amide bonds. The van der Waals surface area contributed by atoms with Crippen LogP contribution < -0.4 is 118 Å². The molecular formula is C28H40K2O11. The average Bonchev–Trinajstić information content (AvgIpc) is 3.48. The van der Waals surface area contributed by atoms with E-state index in [0.29, 0.717) is 31.2 Å². The summed E-state index contributed by atoms with van der Waals surface area (Å²) in [5.74, 6) is 0.854. The van der Waals surface area contributed by atoms with Gasteiger partial charge in [-0.1, -0.05) is 25.1 Å². The van der Waals surface area contributed by atoms with Crippen LogP contribution in [0.1, 0.15) is 52.8 Å². The third kappa shape index (κ3) is 19.9. The Balaban J connectivity index is -0.000000524. The summed E-state index contributed by atoms with van der Waals surface area (Å²) in [5, 5.41) is 17.2. The van der Waals surface area contributed by atoms with E-state index in [1.165, 1.54) is 12.1 Å². The Kier molecular flexibility index (Phi) is 24.7. The van der Waals surface area contributed by atoms with E-state index in [9.17, 15) is 4.79 Å². The van der Waals surface area contributed by atoms with Crippen molar-refractivity contribution in [1.82, 2.24) is 0 Å². The fourth-order valence-corrected chi connectivity index (χ4v) is 3.29. The molecule has 2 aliphatic rings. The molecule has 0 aromatic heterocycles. The molecule has 0 radical (unpaired) electrons. The van der Waals surface area contributed by atoms with Gasteiger partial charge in [-0.3, -0.25) is 9.59 Å². The van der Waals surface area contributed by atoms with Crippen LogP contribution in [-0.4, -0.2) is 68.6 Å². The quantitative estimate of drug-likeness (QED) is 0.151. The fraction of sp³-hybridized carbons (Fsp3) is 0.500. The van der Waals surface area contributed by atoms with E-state index >= 15 is 0 Å². The summed E-state index contributed by atoms with van der Waals surface area (Å²) in [6, 6.07) is 13.7. The Morgan fingerprint density at radius 1 is 0.951 bits per heavy atom. The molecule has 0 saturated carbocycles. The Morgan fingerprint density at radius 2 is 1.49 bits per heavy atom. The minimum atomic E-state index is -0.498. The molecule has 41 heavy (non-hydrogen) atoms. The second-order valence-electron chi connectivity index (χ2n) is 9.20. The van der Waals surface area contributed by atoms with Crippen molar-refractivity contribution in [2.75, 3.05) is 26.9 Å². The van der Waals surface area contributed by atoms with Crippen molar-refractivity contribution in [3.63, 3.8) is 0 Å². The minimum Gasteiger partial charge on any atom is -1.00 e.